The second-order valence-corrected chi connectivity index (χ2v) is 9.68. The predicted molar refractivity (Wildman–Crippen MR) is 136 cm³/mol. The number of carbonyl (C=O) groups excluding carboxylic acids is 2. The molecule has 6 heteroatoms. The van der Waals surface area contributed by atoms with Gasteiger partial charge in [0.1, 0.15) is 0 Å². The lowest BCUT2D eigenvalue weighted by Crippen LogP contribution is -2.56. The van der Waals surface area contributed by atoms with E-state index in [4.69, 9.17) is 0 Å². The minimum Gasteiger partial charge on any atom is -0.389 e. The van der Waals surface area contributed by atoms with Gasteiger partial charge >= 0.3 is 0 Å². The predicted octanol–water partition coefficient (Wildman–Crippen LogP) is 5.00. The zero-order chi connectivity index (χ0) is 24.3. The van der Waals surface area contributed by atoms with Crippen LogP contribution >= 0.6 is 0 Å². The topological polar surface area (TPSA) is 72.9 Å². The summed E-state index contributed by atoms with van der Waals surface area (Å²) >= 11 is 0. The molecule has 0 aromatic heterocycles. The Bertz CT molecular complexity index is 1020. The second-order valence-electron chi connectivity index (χ2n) is 9.68. The van der Waals surface area contributed by atoms with Crippen molar-refractivity contribution >= 4 is 23.2 Å². The Kier molecular flexibility index (Phi) is 7.27. The van der Waals surface area contributed by atoms with Gasteiger partial charge in [0.15, 0.2) is 0 Å². The van der Waals surface area contributed by atoms with Crippen LogP contribution in [0.4, 0.5) is 11.4 Å². The lowest BCUT2D eigenvalue weighted by molar-refractivity contribution is -0.115. The number of hydrogen-bond donors (Lipinski definition) is 2. The summed E-state index contributed by atoms with van der Waals surface area (Å²) in [5, 5.41) is 14.3. The first-order chi connectivity index (χ1) is 16.4. The standard InChI is InChI=1S/C28H37N3O3/c1-4-30(5-2)24-14-12-21(13-15-24)26-25-11-6-7-16-28(25,34)17-18-31(26)27(33)22-9-8-10-23(19-22)29-20(3)32/h8-10,12-15,19,25-26,34H,4-7,11,16-18H2,1-3H3,(H,29,32)/t25-,26+,28-/m0/s1. The first kappa shape index (κ1) is 24.3. The molecule has 0 unspecified atom stereocenters. The van der Waals surface area contributed by atoms with Crippen LogP contribution in [0.3, 0.4) is 0 Å². The van der Waals surface area contributed by atoms with E-state index in [1.165, 1.54) is 12.6 Å². The highest BCUT2D eigenvalue weighted by Gasteiger charge is 2.50. The summed E-state index contributed by atoms with van der Waals surface area (Å²) in [5.74, 6) is -0.213. The van der Waals surface area contributed by atoms with E-state index in [2.05, 4.69) is 48.3 Å². The first-order valence-electron chi connectivity index (χ1n) is 12.6. The zero-order valence-corrected chi connectivity index (χ0v) is 20.6. The van der Waals surface area contributed by atoms with Crippen molar-refractivity contribution in [3.63, 3.8) is 0 Å². The number of benzene rings is 2. The molecule has 2 N–H and O–H groups in total. The highest BCUT2D eigenvalue weighted by Crippen LogP contribution is 2.49. The smallest absolute Gasteiger partial charge is 0.254 e. The maximum absolute atomic E-state index is 13.8. The summed E-state index contributed by atoms with van der Waals surface area (Å²) in [5.41, 5.74) is 2.69. The number of anilines is 2. The molecular weight excluding hydrogens is 426 g/mol. The average Bonchev–Trinajstić information content (AvgIpc) is 2.83. The van der Waals surface area contributed by atoms with Crippen LogP contribution in [0, 0.1) is 5.92 Å². The second kappa shape index (κ2) is 10.2. The lowest BCUT2D eigenvalue weighted by Gasteiger charge is -2.52. The fraction of sp³-hybridized carbons (Fsp3) is 0.500. The van der Waals surface area contributed by atoms with Crippen molar-refractivity contribution in [3.05, 3.63) is 59.7 Å². The van der Waals surface area contributed by atoms with Crippen LogP contribution in [0.1, 0.15) is 74.8 Å². The van der Waals surface area contributed by atoms with Crippen molar-refractivity contribution in [2.75, 3.05) is 29.9 Å². The molecule has 2 aromatic carbocycles. The molecule has 0 bridgehead atoms. The van der Waals surface area contributed by atoms with Gasteiger partial charge in [0.25, 0.3) is 5.91 Å². The van der Waals surface area contributed by atoms with Crippen molar-refractivity contribution in [3.8, 4) is 0 Å². The molecule has 0 spiro atoms. The van der Waals surface area contributed by atoms with E-state index in [1.807, 2.05) is 4.90 Å². The minimum absolute atomic E-state index is 0.0109. The monoisotopic (exact) mass is 463 g/mol. The molecule has 1 aliphatic carbocycles. The maximum atomic E-state index is 13.8. The average molecular weight is 464 g/mol. The molecule has 1 saturated heterocycles. The van der Waals surface area contributed by atoms with E-state index in [0.717, 1.165) is 44.3 Å². The Labute approximate surface area is 203 Å². The summed E-state index contributed by atoms with van der Waals surface area (Å²) in [7, 11) is 0. The molecule has 182 valence electrons. The Balaban J connectivity index is 1.69. The van der Waals surface area contributed by atoms with Crippen LogP contribution in [0.5, 0.6) is 0 Å². The molecule has 2 aliphatic rings. The van der Waals surface area contributed by atoms with Crippen molar-refractivity contribution in [2.45, 2.75) is 64.5 Å². The lowest BCUT2D eigenvalue weighted by atomic mass is 9.66. The molecule has 1 aliphatic heterocycles. The van der Waals surface area contributed by atoms with Crippen LogP contribution in [0.2, 0.25) is 0 Å². The van der Waals surface area contributed by atoms with Gasteiger partial charge in [-0.1, -0.05) is 31.0 Å². The van der Waals surface area contributed by atoms with Crippen LogP contribution in [0.25, 0.3) is 0 Å². The van der Waals surface area contributed by atoms with Crippen LogP contribution in [-0.2, 0) is 4.79 Å². The Hall–Kier alpha value is -2.86. The number of rotatable bonds is 6. The number of nitrogens with zero attached hydrogens (tertiary/aromatic N) is 2. The molecule has 0 radical (unpaired) electrons. The fourth-order valence-corrected chi connectivity index (χ4v) is 5.89. The number of likely N-dealkylation sites (tertiary alicyclic amines) is 1. The van der Waals surface area contributed by atoms with Gasteiger partial charge in [0.05, 0.1) is 11.6 Å². The maximum Gasteiger partial charge on any atom is 0.254 e. The fourth-order valence-electron chi connectivity index (χ4n) is 5.89. The molecule has 3 atom stereocenters. The van der Waals surface area contributed by atoms with E-state index in [9.17, 15) is 14.7 Å². The molecule has 1 heterocycles. The Morgan fingerprint density at radius 3 is 2.50 bits per heavy atom. The number of hydrogen-bond acceptors (Lipinski definition) is 4. The third-order valence-corrected chi connectivity index (χ3v) is 7.62. The molecule has 34 heavy (non-hydrogen) atoms. The van der Waals surface area contributed by atoms with Gasteiger partial charge in [0, 0.05) is 49.4 Å². The Morgan fingerprint density at radius 1 is 1.09 bits per heavy atom. The highest BCUT2D eigenvalue weighted by atomic mass is 16.3. The normalized spacial score (nSPS) is 24.3. The largest absolute Gasteiger partial charge is 0.389 e. The minimum atomic E-state index is -0.727. The van der Waals surface area contributed by atoms with Crippen molar-refractivity contribution in [1.82, 2.24) is 4.90 Å². The molecule has 2 amide bonds. The number of piperidine rings is 1. The van der Waals surface area contributed by atoms with E-state index in [1.54, 1.807) is 24.3 Å². The summed E-state index contributed by atoms with van der Waals surface area (Å²) in [4.78, 5) is 29.6. The zero-order valence-electron chi connectivity index (χ0n) is 20.6. The molecular formula is C28H37N3O3. The summed E-state index contributed by atoms with van der Waals surface area (Å²) in [6.07, 6.45) is 4.41. The third kappa shape index (κ3) is 4.83. The third-order valence-electron chi connectivity index (χ3n) is 7.62. The number of nitrogens with one attached hydrogen (secondary N) is 1. The van der Waals surface area contributed by atoms with E-state index >= 15 is 0 Å². The summed E-state index contributed by atoms with van der Waals surface area (Å²) in [6.45, 7) is 8.15. The number of fused-ring (bicyclic) bond motifs is 1. The number of carbonyl (C=O) groups is 2. The van der Waals surface area contributed by atoms with Gasteiger partial charge in [0.2, 0.25) is 5.91 Å². The van der Waals surface area contributed by atoms with Crippen LogP contribution in [0.15, 0.2) is 48.5 Å². The quantitative estimate of drug-likeness (QED) is 0.632. The molecule has 4 rings (SSSR count). The highest BCUT2D eigenvalue weighted by molar-refractivity contribution is 5.97. The van der Waals surface area contributed by atoms with Crippen molar-refractivity contribution < 1.29 is 14.7 Å². The Morgan fingerprint density at radius 2 is 1.82 bits per heavy atom. The van der Waals surface area contributed by atoms with E-state index in [0.29, 0.717) is 24.2 Å². The van der Waals surface area contributed by atoms with E-state index < -0.39 is 5.60 Å². The molecule has 2 aromatic rings. The molecule has 2 fully saturated rings. The van der Waals surface area contributed by atoms with Crippen molar-refractivity contribution in [1.29, 1.82) is 0 Å². The van der Waals surface area contributed by atoms with Crippen molar-refractivity contribution in [2.24, 2.45) is 5.92 Å². The summed E-state index contributed by atoms with van der Waals surface area (Å²) < 4.78 is 0. The van der Waals surface area contributed by atoms with Gasteiger partial charge in [-0.15, -0.1) is 0 Å². The number of amides is 2. The van der Waals surface area contributed by atoms with Gasteiger partial charge in [-0.3, -0.25) is 9.59 Å². The number of aliphatic hydroxyl groups is 1. The van der Waals surface area contributed by atoms with E-state index in [-0.39, 0.29) is 23.8 Å². The SMILES string of the molecule is CCN(CC)c1ccc([C@@H]2[C@@H]3CCCC[C@]3(O)CCN2C(=O)c2cccc(NC(C)=O)c2)cc1. The van der Waals surface area contributed by atoms with Crippen LogP contribution in [-0.4, -0.2) is 47.1 Å². The summed E-state index contributed by atoms with van der Waals surface area (Å²) in [6, 6.07) is 15.5. The van der Waals surface area contributed by atoms with Crippen LogP contribution < -0.4 is 10.2 Å². The van der Waals surface area contributed by atoms with Gasteiger partial charge in [-0.2, -0.15) is 0 Å². The molecule has 1 saturated carbocycles. The van der Waals surface area contributed by atoms with Gasteiger partial charge in [-0.05, 0) is 69.0 Å². The molecule has 6 nitrogen and oxygen atoms in total. The van der Waals surface area contributed by atoms with Gasteiger partial charge in [-0.25, -0.2) is 0 Å². The first-order valence-corrected chi connectivity index (χ1v) is 12.6. The van der Waals surface area contributed by atoms with Gasteiger partial charge < -0.3 is 20.2 Å².